The lowest BCUT2D eigenvalue weighted by Crippen LogP contribution is -2.13. The van der Waals surface area contributed by atoms with E-state index >= 15 is 0 Å². The lowest BCUT2D eigenvalue weighted by atomic mass is 10.1. The minimum atomic E-state index is -0.250. The highest BCUT2D eigenvalue weighted by Gasteiger charge is 2.12. The molecule has 0 bridgehead atoms. The summed E-state index contributed by atoms with van der Waals surface area (Å²) in [6.45, 7) is 0. The van der Waals surface area contributed by atoms with Gasteiger partial charge in [0.1, 0.15) is 5.75 Å². The van der Waals surface area contributed by atoms with Gasteiger partial charge in [0.25, 0.3) is 5.91 Å². The van der Waals surface area contributed by atoms with E-state index in [0.717, 1.165) is 5.56 Å². The maximum atomic E-state index is 12.3. The molecule has 0 fully saturated rings. The molecule has 0 saturated carbocycles. The van der Waals surface area contributed by atoms with E-state index in [-0.39, 0.29) is 5.91 Å². The summed E-state index contributed by atoms with van der Waals surface area (Å²) >= 11 is 0. The molecule has 1 amide bonds. The van der Waals surface area contributed by atoms with E-state index in [1.165, 1.54) is 13.5 Å². The number of ether oxygens (including phenoxy) is 1. The highest BCUT2D eigenvalue weighted by molar-refractivity contribution is 6.06. The van der Waals surface area contributed by atoms with Crippen LogP contribution in [0.3, 0.4) is 0 Å². The molecule has 1 aromatic heterocycles. The van der Waals surface area contributed by atoms with Crippen molar-refractivity contribution < 1.29 is 13.9 Å². The topological polar surface area (TPSA) is 77.2 Å². The first-order valence-electron chi connectivity index (χ1n) is 6.59. The number of hydrogen-bond donors (Lipinski definition) is 1. The van der Waals surface area contributed by atoms with Crippen LogP contribution in [0.2, 0.25) is 0 Å². The molecule has 6 heteroatoms. The molecule has 1 heterocycles. The Hall–Kier alpha value is -3.15. The first-order valence-corrected chi connectivity index (χ1v) is 6.59. The Bertz CT molecular complexity index is 785. The molecule has 1 N–H and O–H groups in total. The average Bonchev–Trinajstić information content (AvgIpc) is 3.09. The van der Waals surface area contributed by atoms with Crippen molar-refractivity contribution >= 4 is 11.6 Å². The van der Waals surface area contributed by atoms with Gasteiger partial charge in [-0.05, 0) is 30.3 Å². The number of nitrogens with one attached hydrogen (secondary N) is 1. The van der Waals surface area contributed by atoms with Gasteiger partial charge in [0.05, 0.1) is 12.7 Å². The summed E-state index contributed by atoms with van der Waals surface area (Å²) in [5.74, 6) is 0.668. The molecular formula is C16H13N3O3. The maximum absolute atomic E-state index is 12.3. The van der Waals surface area contributed by atoms with Crippen LogP contribution in [-0.2, 0) is 0 Å². The Morgan fingerprint density at radius 3 is 2.82 bits per heavy atom. The van der Waals surface area contributed by atoms with E-state index in [1.807, 2.05) is 12.1 Å². The summed E-state index contributed by atoms with van der Waals surface area (Å²) in [5, 5.41) is 10.3. The van der Waals surface area contributed by atoms with Gasteiger partial charge in [-0.15, -0.1) is 10.2 Å². The van der Waals surface area contributed by atoms with Gasteiger partial charge in [0.15, 0.2) is 0 Å². The van der Waals surface area contributed by atoms with Gasteiger partial charge >= 0.3 is 0 Å². The Kier molecular flexibility index (Phi) is 3.82. The minimum Gasteiger partial charge on any atom is -0.496 e. The Balaban J connectivity index is 1.84. The number of carbonyl (C=O) groups excluding carboxylic acids is 1. The minimum absolute atomic E-state index is 0.250. The van der Waals surface area contributed by atoms with Gasteiger partial charge in [0, 0.05) is 11.3 Å². The van der Waals surface area contributed by atoms with E-state index in [0.29, 0.717) is 22.9 Å². The van der Waals surface area contributed by atoms with E-state index in [2.05, 4.69) is 15.5 Å². The number of anilines is 1. The summed E-state index contributed by atoms with van der Waals surface area (Å²) in [4.78, 5) is 12.3. The monoisotopic (exact) mass is 295 g/mol. The van der Waals surface area contributed by atoms with Gasteiger partial charge in [-0.1, -0.05) is 18.2 Å². The van der Waals surface area contributed by atoms with E-state index in [9.17, 15) is 4.79 Å². The summed E-state index contributed by atoms with van der Waals surface area (Å²) in [6.07, 6.45) is 1.26. The van der Waals surface area contributed by atoms with Crippen molar-refractivity contribution in [2.45, 2.75) is 0 Å². The third kappa shape index (κ3) is 2.80. The number of carbonyl (C=O) groups is 1. The fourth-order valence-electron chi connectivity index (χ4n) is 2.06. The van der Waals surface area contributed by atoms with Gasteiger partial charge in [-0.25, -0.2) is 0 Å². The van der Waals surface area contributed by atoms with Crippen molar-refractivity contribution in [1.29, 1.82) is 0 Å². The number of rotatable bonds is 4. The lowest BCUT2D eigenvalue weighted by molar-refractivity contribution is 0.102. The molecule has 0 atom stereocenters. The number of amides is 1. The van der Waals surface area contributed by atoms with Crippen LogP contribution in [0, 0.1) is 0 Å². The van der Waals surface area contributed by atoms with Crippen molar-refractivity contribution in [2.24, 2.45) is 0 Å². The normalized spacial score (nSPS) is 10.2. The zero-order valence-electron chi connectivity index (χ0n) is 11.8. The number of methoxy groups -OCH3 is 1. The van der Waals surface area contributed by atoms with Crippen LogP contribution in [0.1, 0.15) is 10.4 Å². The van der Waals surface area contributed by atoms with E-state index in [4.69, 9.17) is 9.15 Å². The molecule has 0 aliphatic carbocycles. The van der Waals surface area contributed by atoms with Gasteiger partial charge in [-0.2, -0.15) is 0 Å². The number of para-hydroxylation sites is 1. The van der Waals surface area contributed by atoms with E-state index < -0.39 is 0 Å². The smallest absolute Gasteiger partial charge is 0.259 e. The Morgan fingerprint density at radius 2 is 2.05 bits per heavy atom. The summed E-state index contributed by atoms with van der Waals surface area (Å²) < 4.78 is 10.3. The summed E-state index contributed by atoms with van der Waals surface area (Å²) in [5.41, 5.74) is 1.83. The Labute approximate surface area is 126 Å². The molecule has 0 saturated heterocycles. The number of nitrogens with zero attached hydrogens (tertiary/aromatic N) is 2. The van der Waals surface area contributed by atoms with Gasteiger partial charge in [0.2, 0.25) is 12.3 Å². The first kappa shape index (κ1) is 13.8. The van der Waals surface area contributed by atoms with Crippen molar-refractivity contribution in [3.8, 4) is 17.2 Å². The van der Waals surface area contributed by atoms with Crippen LogP contribution in [0.25, 0.3) is 11.5 Å². The quantitative estimate of drug-likeness (QED) is 0.800. The molecule has 0 aliphatic heterocycles. The molecule has 0 radical (unpaired) electrons. The number of hydrogen-bond acceptors (Lipinski definition) is 5. The third-order valence-corrected chi connectivity index (χ3v) is 3.08. The number of benzene rings is 2. The average molecular weight is 295 g/mol. The standard InChI is InChI=1S/C16H13N3O3/c1-21-14-8-3-2-7-13(14)15(20)18-12-6-4-5-11(9-12)16-19-17-10-22-16/h2-10H,1H3,(H,18,20). The largest absolute Gasteiger partial charge is 0.496 e. The van der Waals surface area contributed by atoms with Crippen LogP contribution < -0.4 is 10.1 Å². The zero-order valence-corrected chi connectivity index (χ0v) is 11.8. The molecule has 0 unspecified atom stereocenters. The highest BCUT2D eigenvalue weighted by Crippen LogP contribution is 2.22. The molecule has 2 aromatic carbocycles. The molecule has 22 heavy (non-hydrogen) atoms. The van der Waals surface area contributed by atoms with Gasteiger partial charge < -0.3 is 14.5 Å². The molecule has 3 rings (SSSR count). The van der Waals surface area contributed by atoms with Crippen LogP contribution in [0.5, 0.6) is 5.75 Å². The van der Waals surface area contributed by atoms with Crippen molar-refractivity contribution in [1.82, 2.24) is 10.2 Å². The van der Waals surface area contributed by atoms with Crippen LogP contribution in [0.4, 0.5) is 5.69 Å². The molecule has 3 aromatic rings. The molecular weight excluding hydrogens is 282 g/mol. The first-order chi connectivity index (χ1) is 10.8. The third-order valence-electron chi connectivity index (χ3n) is 3.08. The molecule has 6 nitrogen and oxygen atoms in total. The van der Waals surface area contributed by atoms with E-state index in [1.54, 1.807) is 36.4 Å². The molecule has 0 aliphatic rings. The maximum Gasteiger partial charge on any atom is 0.259 e. The fraction of sp³-hybridized carbons (Fsp3) is 0.0625. The van der Waals surface area contributed by atoms with Crippen molar-refractivity contribution in [3.63, 3.8) is 0 Å². The SMILES string of the molecule is COc1ccccc1C(=O)Nc1cccc(-c2nnco2)c1. The fourth-order valence-corrected chi connectivity index (χ4v) is 2.06. The second-order valence-electron chi connectivity index (χ2n) is 4.48. The number of aromatic nitrogens is 2. The predicted octanol–water partition coefficient (Wildman–Crippen LogP) is 3.00. The second kappa shape index (κ2) is 6.09. The van der Waals surface area contributed by atoms with Crippen LogP contribution in [0.15, 0.2) is 59.3 Å². The second-order valence-corrected chi connectivity index (χ2v) is 4.48. The molecule has 0 spiro atoms. The van der Waals surface area contributed by atoms with Crippen LogP contribution in [-0.4, -0.2) is 23.2 Å². The highest BCUT2D eigenvalue weighted by atomic mass is 16.5. The summed E-state index contributed by atoms with van der Waals surface area (Å²) in [7, 11) is 1.53. The Morgan fingerprint density at radius 1 is 1.18 bits per heavy atom. The van der Waals surface area contributed by atoms with Crippen LogP contribution >= 0.6 is 0 Å². The van der Waals surface area contributed by atoms with Gasteiger partial charge in [-0.3, -0.25) is 4.79 Å². The lowest BCUT2D eigenvalue weighted by Gasteiger charge is -2.09. The van der Waals surface area contributed by atoms with Crippen molar-refractivity contribution in [3.05, 3.63) is 60.5 Å². The predicted molar refractivity (Wildman–Crippen MR) is 80.7 cm³/mol. The summed E-state index contributed by atoms with van der Waals surface area (Å²) in [6, 6.07) is 14.2. The zero-order chi connectivity index (χ0) is 15.4. The van der Waals surface area contributed by atoms with Crippen molar-refractivity contribution in [2.75, 3.05) is 12.4 Å². The molecule has 110 valence electrons.